The standard InChI is InChI=1S/C34H44N4O10/c1-23-29(32(40)45-3)31(25-12-11-13-26(20-25)38(43)44)30(24(2)37-23)33(41)46-18-9-4-5-10-19-47-34(42)36-17-16-35-21-27(39)22-48-28-14-7-6-8-15-28/h6-8,11-15,20,27,31,35,37,39H,4-5,9-10,16-19,21-22H2,1-3H3,(H,36,42). The highest BCUT2D eigenvalue weighted by molar-refractivity contribution is 5.99. The van der Waals surface area contributed by atoms with Gasteiger partial charge in [0.1, 0.15) is 18.5 Å². The van der Waals surface area contributed by atoms with E-state index in [4.69, 9.17) is 18.9 Å². The molecule has 260 valence electrons. The number of alkyl carbamates (subject to hydrolysis) is 1. The van der Waals surface area contributed by atoms with Gasteiger partial charge in [0.2, 0.25) is 0 Å². The molecule has 0 saturated carbocycles. The number of hydrogen-bond donors (Lipinski definition) is 4. The van der Waals surface area contributed by atoms with Crippen molar-refractivity contribution in [3.05, 3.63) is 92.8 Å². The molecule has 0 bridgehead atoms. The average Bonchev–Trinajstić information content (AvgIpc) is 3.08. The highest BCUT2D eigenvalue weighted by Crippen LogP contribution is 2.40. The summed E-state index contributed by atoms with van der Waals surface area (Å²) < 4.78 is 21.2. The molecule has 0 aromatic heterocycles. The molecule has 0 spiro atoms. The highest BCUT2D eigenvalue weighted by Gasteiger charge is 2.38. The van der Waals surface area contributed by atoms with E-state index in [0.717, 1.165) is 12.8 Å². The minimum Gasteiger partial charge on any atom is -0.491 e. The second-order valence-corrected chi connectivity index (χ2v) is 11.1. The first kappa shape index (κ1) is 37.5. The summed E-state index contributed by atoms with van der Waals surface area (Å²) in [5.41, 5.74) is 1.50. The number of dihydropyridines is 1. The van der Waals surface area contributed by atoms with Gasteiger partial charge in [-0.2, -0.15) is 0 Å². The fraction of sp³-hybridized carbons (Fsp3) is 0.441. The number of ether oxygens (including phenoxy) is 4. The monoisotopic (exact) mass is 668 g/mol. The number of carbonyl (C=O) groups is 3. The molecule has 1 aliphatic heterocycles. The first-order chi connectivity index (χ1) is 23.1. The van der Waals surface area contributed by atoms with Crippen LogP contribution in [-0.2, 0) is 23.8 Å². The Kier molecular flexibility index (Phi) is 15.4. The van der Waals surface area contributed by atoms with Crippen LogP contribution in [0, 0.1) is 10.1 Å². The fourth-order valence-corrected chi connectivity index (χ4v) is 5.10. The molecule has 2 atom stereocenters. The van der Waals surface area contributed by atoms with E-state index in [2.05, 4.69) is 16.0 Å². The number of nitro groups is 1. The van der Waals surface area contributed by atoms with Crippen LogP contribution in [0.25, 0.3) is 0 Å². The molecule has 3 rings (SSSR count). The number of nitro benzene ring substituents is 1. The summed E-state index contributed by atoms with van der Waals surface area (Å²) in [5.74, 6) is -1.54. The number of nitrogens with zero attached hydrogens (tertiary/aromatic N) is 1. The van der Waals surface area contributed by atoms with Crippen LogP contribution in [0.5, 0.6) is 5.75 Å². The summed E-state index contributed by atoms with van der Waals surface area (Å²) in [6.45, 7) is 4.97. The van der Waals surface area contributed by atoms with E-state index >= 15 is 0 Å². The maximum absolute atomic E-state index is 13.3. The first-order valence-electron chi connectivity index (χ1n) is 15.8. The fourth-order valence-electron chi connectivity index (χ4n) is 5.10. The lowest BCUT2D eigenvalue weighted by molar-refractivity contribution is -0.384. The molecular weight excluding hydrogens is 624 g/mol. The molecule has 1 aliphatic rings. The number of rotatable bonds is 19. The number of carbonyl (C=O) groups excluding carboxylic acids is 3. The molecule has 14 nitrogen and oxygen atoms in total. The minimum absolute atomic E-state index is 0.120. The van der Waals surface area contributed by atoms with Crippen molar-refractivity contribution in [3.63, 3.8) is 0 Å². The molecule has 0 aliphatic carbocycles. The maximum Gasteiger partial charge on any atom is 0.407 e. The zero-order valence-corrected chi connectivity index (χ0v) is 27.5. The van der Waals surface area contributed by atoms with Crippen molar-refractivity contribution in [2.24, 2.45) is 0 Å². The number of unbranched alkanes of at least 4 members (excludes halogenated alkanes) is 3. The average molecular weight is 669 g/mol. The van der Waals surface area contributed by atoms with E-state index in [-0.39, 0.29) is 36.7 Å². The van der Waals surface area contributed by atoms with Crippen molar-refractivity contribution >= 4 is 23.7 Å². The van der Waals surface area contributed by atoms with Gasteiger partial charge < -0.3 is 40.0 Å². The zero-order chi connectivity index (χ0) is 34.9. The topological polar surface area (TPSA) is 188 Å². The third-order valence-electron chi connectivity index (χ3n) is 7.44. The SMILES string of the molecule is COC(=O)C1=C(C)NC(C)=C(C(=O)OCCCCCCOC(=O)NCCNCC(O)COc2ccccc2)C1c1cccc([N+](=O)[O-])c1. The third-order valence-corrected chi connectivity index (χ3v) is 7.44. The predicted molar refractivity (Wildman–Crippen MR) is 176 cm³/mol. The van der Waals surface area contributed by atoms with Gasteiger partial charge >= 0.3 is 18.0 Å². The van der Waals surface area contributed by atoms with E-state index in [1.54, 1.807) is 19.9 Å². The molecule has 1 amide bonds. The lowest BCUT2D eigenvalue weighted by Gasteiger charge is -2.30. The van der Waals surface area contributed by atoms with Gasteiger partial charge in [0.15, 0.2) is 0 Å². The van der Waals surface area contributed by atoms with E-state index in [1.165, 1.54) is 25.3 Å². The molecule has 0 saturated heterocycles. The van der Waals surface area contributed by atoms with E-state index < -0.39 is 35.0 Å². The van der Waals surface area contributed by atoms with Crippen LogP contribution in [0.1, 0.15) is 51.0 Å². The highest BCUT2D eigenvalue weighted by atomic mass is 16.6. The molecule has 2 aromatic rings. The number of methoxy groups -OCH3 is 1. The Balaban J connectivity index is 1.33. The molecule has 1 heterocycles. The van der Waals surface area contributed by atoms with Crippen molar-refractivity contribution in [3.8, 4) is 5.75 Å². The Hall–Kier alpha value is -4.95. The van der Waals surface area contributed by atoms with E-state index in [9.17, 15) is 29.6 Å². The molecule has 48 heavy (non-hydrogen) atoms. The number of allylic oxidation sites excluding steroid dienone is 2. The van der Waals surface area contributed by atoms with Gasteiger partial charge in [-0.3, -0.25) is 10.1 Å². The number of nitrogens with one attached hydrogen (secondary N) is 3. The largest absolute Gasteiger partial charge is 0.491 e. The lowest BCUT2D eigenvalue weighted by atomic mass is 9.80. The second kappa shape index (κ2) is 19.7. The van der Waals surface area contributed by atoms with Crippen molar-refractivity contribution in [2.75, 3.05) is 46.6 Å². The quantitative estimate of drug-likeness (QED) is 0.0557. The predicted octanol–water partition coefficient (Wildman–Crippen LogP) is 3.86. The Morgan fingerprint density at radius 2 is 1.58 bits per heavy atom. The minimum atomic E-state index is -0.920. The van der Waals surface area contributed by atoms with Gasteiger partial charge in [-0.15, -0.1) is 0 Å². The smallest absolute Gasteiger partial charge is 0.407 e. The van der Waals surface area contributed by atoms with Crippen LogP contribution in [-0.4, -0.2) is 80.7 Å². The van der Waals surface area contributed by atoms with Gasteiger partial charge in [-0.1, -0.05) is 30.3 Å². The number of aliphatic hydroxyl groups excluding tert-OH is 1. The Morgan fingerprint density at radius 1 is 0.917 bits per heavy atom. The number of non-ortho nitro benzene ring substituents is 1. The normalized spacial score (nSPS) is 14.9. The summed E-state index contributed by atoms with van der Waals surface area (Å²) >= 11 is 0. The van der Waals surface area contributed by atoms with Gasteiger partial charge in [-0.05, 0) is 57.2 Å². The number of aliphatic hydroxyl groups is 1. The Labute approximate surface area is 279 Å². The van der Waals surface area contributed by atoms with Crippen LogP contribution in [0.15, 0.2) is 77.1 Å². The molecule has 2 aromatic carbocycles. The number of amides is 1. The molecule has 2 unspecified atom stereocenters. The van der Waals surface area contributed by atoms with E-state index in [1.807, 2.05) is 30.3 Å². The van der Waals surface area contributed by atoms with Crippen LogP contribution < -0.4 is 20.7 Å². The summed E-state index contributed by atoms with van der Waals surface area (Å²) in [5, 5.41) is 30.2. The second-order valence-electron chi connectivity index (χ2n) is 11.1. The third kappa shape index (κ3) is 11.7. The lowest BCUT2D eigenvalue weighted by Crippen LogP contribution is -2.37. The van der Waals surface area contributed by atoms with Gasteiger partial charge in [-0.25, -0.2) is 14.4 Å². The first-order valence-corrected chi connectivity index (χ1v) is 15.8. The molecule has 0 fully saturated rings. The molecule has 14 heteroatoms. The van der Waals surface area contributed by atoms with Gasteiger partial charge in [0.05, 0.1) is 42.3 Å². The van der Waals surface area contributed by atoms with E-state index in [0.29, 0.717) is 55.2 Å². The summed E-state index contributed by atoms with van der Waals surface area (Å²) in [7, 11) is 1.23. The van der Waals surface area contributed by atoms with Gasteiger partial charge in [0, 0.05) is 43.2 Å². The number of para-hydroxylation sites is 1. The Bertz CT molecular complexity index is 1460. The number of esters is 2. The maximum atomic E-state index is 13.3. The molecular formula is C34H44N4O10. The van der Waals surface area contributed by atoms with Crippen LogP contribution in [0.3, 0.4) is 0 Å². The Morgan fingerprint density at radius 3 is 2.25 bits per heavy atom. The number of hydrogen-bond acceptors (Lipinski definition) is 12. The van der Waals surface area contributed by atoms with Crippen LogP contribution in [0.4, 0.5) is 10.5 Å². The van der Waals surface area contributed by atoms with Crippen molar-refractivity contribution in [1.29, 1.82) is 0 Å². The van der Waals surface area contributed by atoms with Crippen LogP contribution >= 0.6 is 0 Å². The summed E-state index contributed by atoms with van der Waals surface area (Å²) in [4.78, 5) is 48.9. The van der Waals surface area contributed by atoms with Gasteiger partial charge in [0.25, 0.3) is 5.69 Å². The molecule has 4 N–H and O–H groups in total. The molecule has 0 radical (unpaired) electrons. The van der Waals surface area contributed by atoms with Crippen molar-refractivity contribution < 1.29 is 43.4 Å². The zero-order valence-electron chi connectivity index (χ0n) is 27.5. The van der Waals surface area contributed by atoms with Crippen molar-refractivity contribution in [2.45, 2.75) is 51.6 Å². The van der Waals surface area contributed by atoms with Crippen molar-refractivity contribution in [1.82, 2.24) is 16.0 Å². The summed E-state index contributed by atoms with van der Waals surface area (Å²) in [6, 6.07) is 15.0. The number of benzene rings is 2. The summed E-state index contributed by atoms with van der Waals surface area (Å²) in [6.07, 6.45) is 1.43. The van der Waals surface area contributed by atoms with Crippen LogP contribution in [0.2, 0.25) is 0 Å².